The zero-order chi connectivity index (χ0) is 16.8. The fourth-order valence-corrected chi connectivity index (χ4v) is 3.59. The van der Waals surface area contributed by atoms with Gasteiger partial charge >= 0.3 is 0 Å². The van der Waals surface area contributed by atoms with E-state index in [1.165, 1.54) is 18.4 Å². The minimum atomic E-state index is -0.443. The van der Waals surface area contributed by atoms with Crippen LogP contribution in [0.15, 0.2) is 36.0 Å². The summed E-state index contributed by atoms with van der Waals surface area (Å²) in [7, 11) is 0. The van der Waals surface area contributed by atoms with E-state index in [1.807, 2.05) is 6.92 Å². The molecular weight excluding hydrogens is 272 g/mol. The number of hydrogen-bond acceptors (Lipinski definition) is 2. The van der Waals surface area contributed by atoms with Crippen LogP contribution in [0.4, 0.5) is 0 Å². The van der Waals surface area contributed by atoms with Crippen LogP contribution in [-0.4, -0.2) is 22.9 Å². The fourth-order valence-electron chi connectivity index (χ4n) is 3.59. The van der Waals surface area contributed by atoms with Gasteiger partial charge in [0.15, 0.2) is 0 Å². The van der Waals surface area contributed by atoms with Crippen LogP contribution in [0.5, 0.6) is 0 Å². The number of rotatable bonds is 8. The average Bonchev–Trinajstić information content (AvgIpc) is 2.43. The molecule has 22 heavy (non-hydrogen) atoms. The van der Waals surface area contributed by atoms with Crippen LogP contribution in [-0.2, 0) is 0 Å². The van der Waals surface area contributed by atoms with Crippen LogP contribution in [0, 0.1) is 11.3 Å². The second-order valence-electron chi connectivity index (χ2n) is 7.54. The minimum Gasteiger partial charge on any atom is -0.392 e. The molecule has 1 aliphatic rings. The van der Waals surface area contributed by atoms with Crippen LogP contribution >= 0.6 is 0 Å². The Balaban J connectivity index is 2.44. The van der Waals surface area contributed by atoms with Gasteiger partial charge in [-0.1, -0.05) is 44.2 Å². The molecule has 2 N–H and O–H groups in total. The molecule has 0 radical (unpaired) electrons. The maximum Gasteiger partial charge on any atom is 0.0750 e. The van der Waals surface area contributed by atoms with Gasteiger partial charge in [-0.3, -0.25) is 0 Å². The fraction of sp³-hybridized carbons (Fsp3) is 0.700. The Hall–Kier alpha value is -0.860. The quantitative estimate of drug-likeness (QED) is 0.633. The van der Waals surface area contributed by atoms with E-state index in [2.05, 4.69) is 27.0 Å². The molecule has 126 valence electrons. The lowest BCUT2D eigenvalue weighted by Gasteiger charge is -2.40. The molecule has 0 amide bonds. The van der Waals surface area contributed by atoms with Crippen molar-refractivity contribution in [2.45, 2.75) is 71.8 Å². The topological polar surface area (TPSA) is 40.5 Å². The molecule has 0 saturated heterocycles. The summed E-state index contributed by atoms with van der Waals surface area (Å²) in [5.74, 6) is 0.543. The Kier molecular flexibility index (Phi) is 7.58. The van der Waals surface area contributed by atoms with Crippen molar-refractivity contribution in [1.29, 1.82) is 0 Å². The molecule has 0 aliphatic heterocycles. The van der Waals surface area contributed by atoms with Crippen molar-refractivity contribution in [2.24, 2.45) is 11.3 Å². The van der Waals surface area contributed by atoms with E-state index < -0.39 is 6.10 Å². The monoisotopic (exact) mass is 306 g/mol. The van der Waals surface area contributed by atoms with Crippen LogP contribution in [0.1, 0.15) is 65.7 Å². The summed E-state index contributed by atoms with van der Waals surface area (Å²) in [6.45, 7) is 15.1. The third kappa shape index (κ3) is 5.73. The lowest BCUT2D eigenvalue weighted by molar-refractivity contribution is 0.168. The SMILES string of the molecule is C=C(CC[C@@H]1C(=C)CCCC1(C)C)[C@H](O)CC/C(C)=C/CO. The van der Waals surface area contributed by atoms with Crippen molar-refractivity contribution in [3.63, 3.8) is 0 Å². The van der Waals surface area contributed by atoms with Crippen LogP contribution in [0.25, 0.3) is 0 Å². The van der Waals surface area contributed by atoms with Crippen molar-refractivity contribution in [3.8, 4) is 0 Å². The lowest BCUT2D eigenvalue weighted by atomic mass is 9.65. The highest BCUT2D eigenvalue weighted by Crippen LogP contribution is 2.45. The number of allylic oxidation sites excluding steroid dienone is 2. The van der Waals surface area contributed by atoms with Crippen molar-refractivity contribution < 1.29 is 10.2 Å². The third-order valence-corrected chi connectivity index (χ3v) is 5.23. The Morgan fingerprint density at radius 2 is 2.09 bits per heavy atom. The molecule has 1 aliphatic carbocycles. The molecule has 0 heterocycles. The van der Waals surface area contributed by atoms with Gasteiger partial charge in [0.2, 0.25) is 0 Å². The number of aliphatic hydroxyl groups is 2. The summed E-state index contributed by atoms with van der Waals surface area (Å²) in [5, 5.41) is 19.1. The predicted octanol–water partition coefficient (Wildman–Crippen LogP) is 4.79. The first kappa shape index (κ1) is 19.2. The molecule has 2 heteroatoms. The first-order valence-corrected chi connectivity index (χ1v) is 8.58. The Morgan fingerprint density at radius 1 is 1.41 bits per heavy atom. The van der Waals surface area contributed by atoms with Crippen LogP contribution in [0.3, 0.4) is 0 Å². The zero-order valence-corrected chi connectivity index (χ0v) is 14.7. The standard InChI is InChI=1S/C20H34O2/c1-15(12-14-21)8-11-19(22)17(3)9-10-18-16(2)7-6-13-20(18,4)5/h12,18-19,21-22H,2-3,6-11,13-14H2,1,4-5H3/b15-12+/t18-,19-/m1/s1. The molecule has 0 bridgehead atoms. The first-order chi connectivity index (χ1) is 10.3. The largest absolute Gasteiger partial charge is 0.392 e. The van der Waals surface area contributed by atoms with Gasteiger partial charge in [0.05, 0.1) is 12.7 Å². The van der Waals surface area contributed by atoms with E-state index >= 15 is 0 Å². The lowest BCUT2D eigenvalue weighted by Crippen LogP contribution is -2.29. The Labute approximate surface area is 136 Å². The molecule has 2 nitrogen and oxygen atoms in total. The van der Waals surface area contributed by atoms with Gasteiger partial charge in [-0.2, -0.15) is 0 Å². The van der Waals surface area contributed by atoms with E-state index in [4.69, 9.17) is 5.11 Å². The van der Waals surface area contributed by atoms with Gasteiger partial charge in [-0.25, -0.2) is 0 Å². The molecule has 2 atom stereocenters. The van der Waals surface area contributed by atoms with Crippen molar-refractivity contribution >= 4 is 0 Å². The summed E-state index contributed by atoms with van der Waals surface area (Å²) in [6.07, 6.45) is 8.43. The van der Waals surface area contributed by atoms with E-state index in [0.29, 0.717) is 17.8 Å². The highest BCUT2D eigenvalue weighted by atomic mass is 16.3. The molecule has 1 fully saturated rings. The maximum atomic E-state index is 10.2. The zero-order valence-electron chi connectivity index (χ0n) is 14.7. The molecule has 0 aromatic rings. The smallest absolute Gasteiger partial charge is 0.0750 e. The Morgan fingerprint density at radius 3 is 2.68 bits per heavy atom. The van der Waals surface area contributed by atoms with Gasteiger partial charge in [-0.15, -0.1) is 0 Å². The van der Waals surface area contributed by atoms with Gasteiger partial charge in [0.25, 0.3) is 0 Å². The van der Waals surface area contributed by atoms with E-state index in [9.17, 15) is 5.11 Å². The predicted molar refractivity (Wildman–Crippen MR) is 94.7 cm³/mol. The van der Waals surface area contributed by atoms with Crippen LogP contribution in [0.2, 0.25) is 0 Å². The van der Waals surface area contributed by atoms with Gasteiger partial charge < -0.3 is 10.2 Å². The molecule has 0 spiro atoms. The van der Waals surface area contributed by atoms with E-state index in [1.54, 1.807) is 6.08 Å². The summed E-state index contributed by atoms with van der Waals surface area (Å²) in [6, 6.07) is 0. The molecular formula is C20H34O2. The van der Waals surface area contributed by atoms with Crippen molar-refractivity contribution in [2.75, 3.05) is 6.61 Å². The third-order valence-electron chi connectivity index (χ3n) is 5.23. The Bertz CT molecular complexity index is 417. The summed E-state index contributed by atoms with van der Waals surface area (Å²) < 4.78 is 0. The molecule has 0 unspecified atom stereocenters. The first-order valence-electron chi connectivity index (χ1n) is 8.58. The van der Waals surface area contributed by atoms with E-state index in [0.717, 1.165) is 36.8 Å². The molecule has 0 aromatic heterocycles. The highest BCUT2D eigenvalue weighted by molar-refractivity contribution is 5.12. The van der Waals surface area contributed by atoms with Gasteiger partial charge in [0.1, 0.15) is 0 Å². The van der Waals surface area contributed by atoms with Gasteiger partial charge in [-0.05, 0) is 68.8 Å². The van der Waals surface area contributed by atoms with Crippen molar-refractivity contribution in [1.82, 2.24) is 0 Å². The van der Waals surface area contributed by atoms with E-state index in [-0.39, 0.29) is 6.61 Å². The maximum absolute atomic E-state index is 10.2. The number of aliphatic hydroxyl groups excluding tert-OH is 2. The summed E-state index contributed by atoms with van der Waals surface area (Å²) in [5.41, 5.74) is 3.75. The normalized spacial score (nSPS) is 23.4. The molecule has 0 aromatic carbocycles. The van der Waals surface area contributed by atoms with Crippen molar-refractivity contribution in [3.05, 3.63) is 36.0 Å². The second-order valence-corrected chi connectivity index (χ2v) is 7.54. The summed E-state index contributed by atoms with van der Waals surface area (Å²) in [4.78, 5) is 0. The summed E-state index contributed by atoms with van der Waals surface area (Å²) >= 11 is 0. The van der Waals surface area contributed by atoms with Gasteiger partial charge in [0, 0.05) is 0 Å². The second kappa shape index (κ2) is 8.69. The molecule has 1 saturated carbocycles. The molecule has 1 rings (SSSR count). The number of hydrogen-bond donors (Lipinski definition) is 2. The highest BCUT2D eigenvalue weighted by Gasteiger charge is 2.34. The van der Waals surface area contributed by atoms with Crippen LogP contribution < -0.4 is 0 Å². The minimum absolute atomic E-state index is 0.0712. The average molecular weight is 306 g/mol.